The van der Waals surface area contributed by atoms with Gasteiger partial charge in [-0.05, 0) is 25.0 Å². The second-order valence-corrected chi connectivity index (χ2v) is 8.73. The average Bonchev–Trinajstić information content (AvgIpc) is 3.19. The van der Waals surface area contributed by atoms with Crippen LogP contribution in [0.4, 0.5) is 17.5 Å². The lowest BCUT2D eigenvalue weighted by molar-refractivity contribution is 0.228. The number of fused-ring (bicyclic) bond motifs is 4. The van der Waals surface area contributed by atoms with E-state index in [0.29, 0.717) is 11.4 Å². The highest BCUT2D eigenvalue weighted by Crippen LogP contribution is 2.43. The van der Waals surface area contributed by atoms with Gasteiger partial charge in [0.1, 0.15) is 5.82 Å². The molecule has 1 aromatic heterocycles. The van der Waals surface area contributed by atoms with Crippen LogP contribution in [-0.4, -0.2) is 57.2 Å². The van der Waals surface area contributed by atoms with E-state index in [2.05, 4.69) is 46.1 Å². The van der Waals surface area contributed by atoms with Gasteiger partial charge in [-0.15, -0.1) is 0 Å². The highest BCUT2D eigenvalue weighted by atomic mass is 15.3. The SMILES string of the molecule is c1nc2n(c3nc(=Nc4ccc(N5CCNCC5)cn4)ncc1-3)C1(CCCCC1)CN2. The Hall–Kier alpha value is -3.07. The van der Waals surface area contributed by atoms with E-state index in [1.54, 1.807) is 0 Å². The number of hydrogen-bond donors (Lipinski definition) is 2. The molecule has 0 atom stereocenters. The van der Waals surface area contributed by atoms with Crippen molar-refractivity contribution in [3.8, 4) is 11.4 Å². The van der Waals surface area contributed by atoms with Gasteiger partial charge in [-0.1, -0.05) is 19.3 Å². The van der Waals surface area contributed by atoms with Crippen molar-refractivity contribution < 1.29 is 0 Å². The molecule has 1 spiro atoms. The van der Waals surface area contributed by atoms with Gasteiger partial charge in [0.15, 0.2) is 5.82 Å². The summed E-state index contributed by atoms with van der Waals surface area (Å²) < 4.78 is 2.31. The molecule has 0 amide bonds. The number of nitrogens with one attached hydrogen (secondary N) is 2. The van der Waals surface area contributed by atoms with Crippen molar-refractivity contribution in [2.45, 2.75) is 37.6 Å². The minimum Gasteiger partial charge on any atom is -0.368 e. The monoisotopic (exact) mass is 417 g/mol. The zero-order chi connectivity index (χ0) is 20.7. The smallest absolute Gasteiger partial charge is 0.253 e. The van der Waals surface area contributed by atoms with Gasteiger partial charge in [-0.25, -0.2) is 15.0 Å². The molecule has 31 heavy (non-hydrogen) atoms. The van der Waals surface area contributed by atoms with Crippen molar-refractivity contribution in [3.63, 3.8) is 0 Å². The first-order valence-corrected chi connectivity index (χ1v) is 11.3. The van der Waals surface area contributed by atoms with Crippen LogP contribution >= 0.6 is 0 Å². The van der Waals surface area contributed by atoms with Crippen molar-refractivity contribution in [2.24, 2.45) is 4.99 Å². The maximum Gasteiger partial charge on any atom is 0.253 e. The van der Waals surface area contributed by atoms with Crippen LogP contribution in [0.15, 0.2) is 35.7 Å². The van der Waals surface area contributed by atoms with Crippen LogP contribution in [0.2, 0.25) is 0 Å². The lowest BCUT2D eigenvalue weighted by Gasteiger charge is -2.35. The molecule has 2 N–H and O–H groups in total. The molecule has 2 fully saturated rings. The second-order valence-electron chi connectivity index (χ2n) is 8.73. The number of rotatable bonds is 2. The Morgan fingerprint density at radius 1 is 0.935 bits per heavy atom. The standard InChI is InChI=1S/C22H27N9/c1-2-6-22(7-3-1)15-27-21-26-13-16-12-25-20(29-19(16)31(21)22)28-18-5-4-17(14-24-18)30-10-8-23-9-11-30/h4-5,12-14,23H,1-3,6-11,15H2,(H,26,27). The van der Waals surface area contributed by atoms with Crippen LogP contribution in [0.1, 0.15) is 32.1 Å². The Balaban J connectivity index is 1.37. The van der Waals surface area contributed by atoms with Crippen molar-refractivity contribution in [1.82, 2.24) is 29.8 Å². The normalized spacial score (nSPS) is 20.8. The number of anilines is 2. The summed E-state index contributed by atoms with van der Waals surface area (Å²) in [6, 6.07) is 4.02. The molecule has 9 nitrogen and oxygen atoms in total. The van der Waals surface area contributed by atoms with E-state index in [-0.39, 0.29) is 5.54 Å². The van der Waals surface area contributed by atoms with Gasteiger partial charge in [-0.3, -0.25) is 4.57 Å². The number of aromatic nitrogens is 5. The lowest BCUT2D eigenvalue weighted by Crippen LogP contribution is -2.43. The maximum atomic E-state index is 4.85. The molecular formula is C22H27N9. The molecule has 9 heteroatoms. The summed E-state index contributed by atoms with van der Waals surface area (Å²) in [6.45, 7) is 4.93. The van der Waals surface area contributed by atoms with E-state index in [1.807, 2.05) is 24.7 Å². The minimum absolute atomic E-state index is 0.0644. The van der Waals surface area contributed by atoms with Gasteiger partial charge < -0.3 is 15.5 Å². The fourth-order valence-corrected chi connectivity index (χ4v) is 5.15. The predicted molar refractivity (Wildman–Crippen MR) is 119 cm³/mol. The molecular weight excluding hydrogens is 390 g/mol. The zero-order valence-electron chi connectivity index (χ0n) is 17.6. The molecule has 160 valence electrons. The quantitative estimate of drug-likeness (QED) is 0.657. The third kappa shape index (κ3) is 3.33. The molecule has 1 aliphatic carbocycles. The predicted octanol–water partition coefficient (Wildman–Crippen LogP) is 1.90. The first-order chi connectivity index (χ1) is 15.3. The van der Waals surface area contributed by atoms with Crippen molar-refractivity contribution in [2.75, 3.05) is 42.9 Å². The van der Waals surface area contributed by atoms with E-state index >= 15 is 0 Å². The molecule has 1 aromatic rings. The topological polar surface area (TPSA) is 96.2 Å². The third-order valence-corrected chi connectivity index (χ3v) is 6.80. The maximum absolute atomic E-state index is 4.85. The van der Waals surface area contributed by atoms with E-state index in [9.17, 15) is 0 Å². The number of nitrogens with zero attached hydrogens (tertiary/aromatic N) is 7. The zero-order valence-corrected chi connectivity index (χ0v) is 17.6. The summed E-state index contributed by atoms with van der Waals surface area (Å²) in [4.78, 5) is 25.4. The van der Waals surface area contributed by atoms with Gasteiger partial charge in [0.25, 0.3) is 5.62 Å². The molecule has 6 rings (SSSR count). The largest absolute Gasteiger partial charge is 0.368 e. The van der Waals surface area contributed by atoms with E-state index in [0.717, 1.165) is 68.6 Å². The molecule has 0 aromatic carbocycles. The molecule has 0 radical (unpaired) electrons. The van der Waals surface area contributed by atoms with Gasteiger partial charge in [0.05, 0.1) is 23.0 Å². The molecule has 1 saturated heterocycles. The van der Waals surface area contributed by atoms with Crippen molar-refractivity contribution >= 4 is 17.5 Å². The number of pyridine rings is 1. The number of piperazine rings is 1. The van der Waals surface area contributed by atoms with Crippen LogP contribution in [0.3, 0.4) is 0 Å². The Morgan fingerprint density at radius 3 is 2.58 bits per heavy atom. The summed E-state index contributed by atoms with van der Waals surface area (Å²) in [6.07, 6.45) is 11.7. The summed E-state index contributed by atoms with van der Waals surface area (Å²) in [5.74, 6) is 2.43. The Bertz CT molecular complexity index is 1100. The summed E-state index contributed by atoms with van der Waals surface area (Å²) in [5.41, 5.74) is 2.58. The highest BCUT2D eigenvalue weighted by molar-refractivity contribution is 5.59. The van der Waals surface area contributed by atoms with E-state index < -0.39 is 0 Å². The van der Waals surface area contributed by atoms with Crippen LogP contribution in [-0.2, 0) is 5.54 Å². The Labute approximate surface area is 181 Å². The Kier molecular flexibility index (Phi) is 4.56. The molecule has 0 unspecified atom stereocenters. The summed E-state index contributed by atoms with van der Waals surface area (Å²) in [7, 11) is 0. The second kappa shape index (κ2) is 7.56. The van der Waals surface area contributed by atoms with Crippen LogP contribution in [0, 0.1) is 0 Å². The van der Waals surface area contributed by atoms with Crippen LogP contribution in [0.5, 0.6) is 0 Å². The van der Waals surface area contributed by atoms with Crippen molar-refractivity contribution in [1.29, 1.82) is 0 Å². The summed E-state index contributed by atoms with van der Waals surface area (Å²) in [5, 5.41) is 6.87. The molecule has 0 bridgehead atoms. The lowest BCUT2D eigenvalue weighted by atomic mass is 9.82. The first-order valence-electron chi connectivity index (χ1n) is 11.3. The van der Waals surface area contributed by atoms with Crippen molar-refractivity contribution in [3.05, 3.63) is 36.3 Å². The molecule has 4 aliphatic heterocycles. The van der Waals surface area contributed by atoms with Gasteiger partial charge in [-0.2, -0.15) is 9.98 Å². The van der Waals surface area contributed by atoms with E-state index in [1.165, 1.54) is 19.3 Å². The first kappa shape index (κ1) is 18.7. The highest BCUT2D eigenvalue weighted by Gasteiger charge is 2.41. The molecule has 5 aliphatic rings. The molecule has 1 saturated carbocycles. The van der Waals surface area contributed by atoms with Gasteiger partial charge in [0.2, 0.25) is 5.95 Å². The minimum atomic E-state index is 0.0644. The van der Waals surface area contributed by atoms with Gasteiger partial charge in [0, 0.05) is 45.1 Å². The fourth-order valence-electron chi connectivity index (χ4n) is 5.15. The number of hydrogen-bond acceptors (Lipinski definition) is 8. The van der Waals surface area contributed by atoms with Gasteiger partial charge >= 0.3 is 0 Å². The van der Waals surface area contributed by atoms with Crippen LogP contribution in [0.25, 0.3) is 11.4 Å². The van der Waals surface area contributed by atoms with E-state index in [4.69, 9.17) is 4.98 Å². The molecule has 5 heterocycles. The Morgan fingerprint density at radius 2 is 1.77 bits per heavy atom. The van der Waals surface area contributed by atoms with Crippen LogP contribution < -0.4 is 21.2 Å². The fraction of sp³-hybridized carbons (Fsp3) is 0.500. The summed E-state index contributed by atoms with van der Waals surface area (Å²) >= 11 is 0. The average molecular weight is 418 g/mol. The third-order valence-electron chi connectivity index (χ3n) is 6.80.